The molecule has 1 aromatic rings. The van der Waals surface area contributed by atoms with Gasteiger partial charge in [0.2, 0.25) is 0 Å². The summed E-state index contributed by atoms with van der Waals surface area (Å²) >= 11 is 0. The second-order valence-electron chi connectivity index (χ2n) is 4.71. The van der Waals surface area contributed by atoms with Gasteiger partial charge in [-0.1, -0.05) is 30.3 Å². The highest BCUT2D eigenvalue weighted by Crippen LogP contribution is 2.04. The molecule has 0 aliphatic rings. The van der Waals surface area contributed by atoms with Gasteiger partial charge in [-0.05, 0) is 10.8 Å². The first-order valence-corrected chi connectivity index (χ1v) is 5.30. The van der Waals surface area contributed by atoms with Gasteiger partial charge in [-0.3, -0.25) is 9.68 Å². The SMILES string of the molecule is CON(C[N+](C)(C)C)OCc1ccccc1. The predicted octanol–water partition coefficient (Wildman–Crippen LogP) is 1.65. The minimum absolute atomic E-state index is 0.522. The van der Waals surface area contributed by atoms with Crippen molar-refractivity contribution < 1.29 is 14.2 Å². The Kier molecular flexibility index (Phi) is 4.89. The molecule has 0 saturated carbocycles. The maximum atomic E-state index is 5.55. The second kappa shape index (κ2) is 5.96. The summed E-state index contributed by atoms with van der Waals surface area (Å²) in [5.74, 6) is 0. The quantitative estimate of drug-likeness (QED) is 0.417. The maximum Gasteiger partial charge on any atom is 0.182 e. The number of quaternary nitrogens is 1. The molecule has 1 aromatic carbocycles. The Balaban J connectivity index is 2.40. The number of hydroxylamine groups is 2. The van der Waals surface area contributed by atoms with Crippen LogP contribution in [-0.2, 0) is 16.3 Å². The number of nitrogens with zero attached hydrogens (tertiary/aromatic N) is 2. The smallest absolute Gasteiger partial charge is 0.182 e. The van der Waals surface area contributed by atoms with E-state index in [9.17, 15) is 0 Å². The molecule has 0 spiro atoms. The largest absolute Gasteiger partial charge is 0.315 e. The third-order valence-corrected chi connectivity index (χ3v) is 1.96. The molecule has 0 bridgehead atoms. The fraction of sp³-hybridized carbons (Fsp3) is 0.500. The summed E-state index contributed by atoms with van der Waals surface area (Å²) in [6.45, 7) is 1.19. The average Bonchev–Trinajstić information content (AvgIpc) is 2.24. The van der Waals surface area contributed by atoms with Gasteiger partial charge in [0.25, 0.3) is 0 Å². The molecular weight excluding hydrogens is 204 g/mol. The van der Waals surface area contributed by atoms with Crippen molar-refractivity contribution in [2.24, 2.45) is 0 Å². The van der Waals surface area contributed by atoms with Crippen LogP contribution in [-0.4, -0.2) is 44.6 Å². The van der Waals surface area contributed by atoms with E-state index >= 15 is 0 Å². The van der Waals surface area contributed by atoms with E-state index < -0.39 is 0 Å². The van der Waals surface area contributed by atoms with Crippen molar-refractivity contribution >= 4 is 0 Å². The van der Waals surface area contributed by atoms with Gasteiger partial charge in [-0.2, -0.15) is 0 Å². The molecule has 0 fully saturated rings. The van der Waals surface area contributed by atoms with E-state index in [1.54, 1.807) is 7.11 Å². The summed E-state index contributed by atoms with van der Waals surface area (Å²) in [4.78, 5) is 10.7. The molecule has 0 aromatic heterocycles. The molecule has 0 saturated heterocycles. The summed E-state index contributed by atoms with van der Waals surface area (Å²) in [7, 11) is 7.86. The number of hydrogen-bond acceptors (Lipinski definition) is 3. The first kappa shape index (κ1) is 13.1. The van der Waals surface area contributed by atoms with E-state index in [2.05, 4.69) is 21.1 Å². The Morgan fingerprint density at radius 3 is 2.25 bits per heavy atom. The third-order valence-electron chi connectivity index (χ3n) is 1.96. The van der Waals surface area contributed by atoms with E-state index in [4.69, 9.17) is 9.68 Å². The van der Waals surface area contributed by atoms with Crippen LogP contribution < -0.4 is 0 Å². The van der Waals surface area contributed by atoms with Crippen LogP contribution >= 0.6 is 0 Å². The monoisotopic (exact) mass is 225 g/mol. The lowest BCUT2D eigenvalue weighted by molar-refractivity contribution is -0.894. The zero-order valence-electron chi connectivity index (χ0n) is 10.5. The molecule has 0 radical (unpaired) electrons. The van der Waals surface area contributed by atoms with E-state index in [1.807, 2.05) is 30.3 Å². The molecule has 0 aliphatic carbocycles. The van der Waals surface area contributed by atoms with Crippen molar-refractivity contribution in [2.45, 2.75) is 6.61 Å². The summed E-state index contributed by atoms with van der Waals surface area (Å²) < 4.78 is 0.753. The Labute approximate surface area is 97.5 Å². The number of rotatable bonds is 6. The second-order valence-corrected chi connectivity index (χ2v) is 4.71. The highest BCUT2D eigenvalue weighted by Gasteiger charge is 2.15. The summed E-state index contributed by atoms with van der Waals surface area (Å²) in [5.41, 5.74) is 1.13. The molecule has 0 amide bonds. The van der Waals surface area contributed by atoms with Crippen molar-refractivity contribution in [1.29, 1.82) is 0 Å². The highest BCUT2D eigenvalue weighted by molar-refractivity contribution is 5.13. The van der Waals surface area contributed by atoms with Crippen molar-refractivity contribution in [3.63, 3.8) is 0 Å². The molecule has 4 heteroatoms. The molecule has 0 heterocycles. The van der Waals surface area contributed by atoms with Crippen LogP contribution in [0.2, 0.25) is 0 Å². The average molecular weight is 225 g/mol. The minimum atomic E-state index is 0.522. The van der Waals surface area contributed by atoms with Gasteiger partial charge < -0.3 is 4.48 Å². The molecule has 0 atom stereocenters. The van der Waals surface area contributed by atoms with E-state index in [0.29, 0.717) is 13.3 Å². The lowest BCUT2D eigenvalue weighted by Gasteiger charge is -2.29. The highest BCUT2D eigenvalue weighted by atomic mass is 16.9. The molecule has 4 nitrogen and oxygen atoms in total. The lowest BCUT2D eigenvalue weighted by atomic mass is 10.2. The van der Waals surface area contributed by atoms with Gasteiger partial charge in [0.15, 0.2) is 6.67 Å². The first-order chi connectivity index (χ1) is 7.51. The van der Waals surface area contributed by atoms with Crippen LogP contribution in [0.3, 0.4) is 0 Å². The van der Waals surface area contributed by atoms with Crippen LogP contribution in [0.4, 0.5) is 0 Å². The van der Waals surface area contributed by atoms with Crippen molar-refractivity contribution in [3.05, 3.63) is 35.9 Å². The van der Waals surface area contributed by atoms with Gasteiger partial charge in [0.05, 0.1) is 34.9 Å². The van der Waals surface area contributed by atoms with Crippen LogP contribution in [0.1, 0.15) is 5.56 Å². The zero-order valence-corrected chi connectivity index (χ0v) is 10.5. The van der Waals surface area contributed by atoms with Crippen molar-refractivity contribution in [3.8, 4) is 0 Å². The van der Waals surface area contributed by atoms with Crippen molar-refractivity contribution in [1.82, 2.24) is 5.23 Å². The first-order valence-electron chi connectivity index (χ1n) is 5.30. The Morgan fingerprint density at radius 2 is 1.75 bits per heavy atom. The van der Waals surface area contributed by atoms with Crippen LogP contribution in [0.15, 0.2) is 30.3 Å². The van der Waals surface area contributed by atoms with Crippen LogP contribution in [0, 0.1) is 0 Å². The van der Waals surface area contributed by atoms with Crippen LogP contribution in [0.25, 0.3) is 0 Å². The fourth-order valence-corrected chi connectivity index (χ4v) is 1.22. The van der Waals surface area contributed by atoms with E-state index in [-0.39, 0.29) is 0 Å². The molecule has 90 valence electrons. The fourth-order valence-electron chi connectivity index (χ4n) is 1.22. The topological polar surface area (TPSA) is 21.7 Å². The molecular formula is C12H21N2O2+. The van der Waals surface area contributed by atoms with E-state index in [0.717, 1.165) is 10.0 Å². The van der Waals surface area contributed by atoms with Gasteiger partial charge in [0, 0.05) is 0 Å². The lowest BCUT2D eigenvalue weighted by Crippen LogP contribution is -2.44. The van der Waals surface area contributed by atoms with Gasteiger partial charge in [-0.25, -0.2) is 0 Å². The van der Waals surface area contributed by atoms with E-state index in [1.165, 1.54) is 5.23 Å². The number of benzene rings is 1. The third kappa shape index (κ3) is 5.23. The normalized spacial score (nSPS) is 12.1. The molecule has 16 heavy (non-hydrogen) atoms. The minimum Gasteiger partial charge on any atom is -0.315 e. The van der Waals surface area contributed by atoms with Gasteiger partial charge in [-0.15, -0.1) is 0 Å². The Hall–Kier alpha value is -0.940. The standard InChI is InChI=1S/C12H21N2O2/c1-14(2,3)11-13(15-4)16-10-12-8-6-5-7-9-12/h5-9H,10-11H2,1-4H3/q+1. The molecule has 1 rings (SSSR count). The Bertz CT molecular complexity index is 296. The van der Waals surface area contributed by atoms with Gasteiger partial charge in [0.1, 0.15) is 0 Å². The summed E-state index contributed by atoms with van der Waals surface area (Å²) in [6, 6.07) is 10.0. The summed E-state index contributed by atoms with van der Waals surface area (Å²) in [6.07, 6.45) is 0. The maximum absolute atomic E-state index is 5.55. The molecule has 0 N–H and O–H groups in total. The van der Waals surface area contributed by atoms with Crippen LogP contribution in [0.5, 0.6) is 0 Å². The zero-order chi connectivity index (χ0) is 12.0. The summed E-state index contributed by atoms with van der Waals surface area (Å²) in [5, 5.41) is 1.51. The number of hydrogen-bond donors (Lipinski definition) is 0. The Morgan fingerprint density at radius 1 is 1.12 bits per heavy atom. The predicted molar refractivity (Wildman–Crippen MR) is 63.0 cm³/mol. The van der Waals surface area contributed by atoms with Crippen molar-refractivity contribution in [2.75, 3.05) is 34.9 Å². The van der Waals surface area contributed by atoms with Gasteiger partial charge >= 0.3 is 0 Å². The molecule has 0 aliphatic heterocycles. The molecule has 0 unspecified atom stereocenters.